The molecule has 3 unspecified atom stereocenters. The second-order valence-corrected chi connectivity index (χ2v) is 7.13. The highest BCUT2D eigenvalue weighted by molar-refractivity contribution is 6.28. The summed E-state index contributed by atoms with van der Waals surface area (Å²) in [6.45, 7) is 0. The first-order valence-electron chi connectivity index (χ1n) is 8.61. The quantitative estimate of drug-likeness (QED) is 0.716. The number of aromatic nitrogens is 2. The molecule has 1 aromatic rings. The first-order valence-corrected chi connectivity index (χ1v) is 8.99. The van der Waals surface area contributed by atoms with Gasteiger partial charge in [0.1, 0.15) is 6.10 Å². The molecule has 0 spiro atoms. The summed E-state index contributed by atoms with van der Waals surface area (Å²) in [5, 5.41) is 12.7. The third-order valence-corrected chi connectivity index (χ3v) is 4.89. The topological polar surface area (TPSA) is 93.3 Å². The van der Waals surface area contributed by atoms with Crippen molar-refractivity contribution in [2.45, 2.75) is 75.7 Å². The minimum Gasteiger partial charge on any atom is -0.472 e. The zero-order chi connectivity index (χ0) is 17.1. The average molecular weight is 359 g/mol. The first-order chi connectivity index (χ1) is 11.5. The second kappa shape index (κ2) is 7.80. The van der Waals surface area contributed by atoms with Gasteiger partial charge in [0, 0.05) is 12.1 Å². The molecule has 1 heterocycles. The number of hydrogen-bond donors (Lipinski definition) is 3. The number of nitrogens with zero attached hydrogens (tertiary/aromatic N) is 2. The maximum absolute atomic E-state index is 14.7. The van der Waals surface area contributed by atoms with Gasteiger partial charge < -0.3 is 20.9 Å². The van der Waals surface area contributed by atoms with Crippen molar-refractivity contribution >= 4 is 17.4 Å². The van der Waals surface area contributed by atoms with E-state index in [-0.39, 0.29) is 41.3 Å². The van der Waals surface area contributed by atoms with E-state index in [0.717, 1.165) is 38.5 Å². The molecule has 6 nitrogen and oxygen atoms in total. The summed E-state index contributed by atoms with van der Waals surface area (Å²) in [4.78, 5) is 7.83. The van der Waals surface area contributed by atoms with Crippen molar-refractivity contribution < 1.29 is 14.2 Å². The fraction of sp³-hybridized carbons (Fsp3) is 0.750. The van der Waals surface area contributed by atoms with Gasteiger partial charge in [0.05, 0.1) is 6.10 Å². The standard InChI is InChI=1S/C16H24ClFN4O2/c17-16-21-14(20-10-4-2-5-11(23)8-10)13(18)15(22-16)24-12-6-1-3-9(19)7-12/h9-12,23H,1-8,19H2,(H,20,21,22)/t9-,10?,11?,12?/m0/s1. The van der Waals surface area contributed by atoms with Crippen LogP contribution in [0.5, 0.6) is 5.88 Å². The molecular weight excluding hydrogens is 335 g/mol. The number of rotatable bonds is 4. The Hall–Kier alpha value is -1.18. The molecule has 0 aliphatic heterocycles. The van der Waals surface area contributed by atoms with Crippen LogP contribution >= 0.6 is 11.6 Å². The van der Waals surface area contributed by atoms with E-state index < -0.39 is 5.82 Å². The molecule has 2 fully saturated rings. The van der Waals surface area contributed by atoms with Gasteiger partial charge in [0.2, 0.25) is 11.1 Å². The van der Waals surface area contributed by atoms with Gasteiger partial charge in [0.25, 0.3) is 5.88 Å². The smallest absolute Gasteiger partial charge is 0.257 e. The summed E-state index contributed by atoms with van der Waals surface area (Å²) < 4.78 is 20.4. The molecule has 24 heavy (non-hydrogen) atoms. The molecular formula is C16H24ClFN4O2. The monoisotopic (exact) mass is 358 g/mol. The van der Waals surface area contributed by atoms with Gasteiger partial charge in [-0.3, -0.25) is 0 Å². The Labute approximate surface area is 146 Å². The van der Waals surface area contributed by atoms with E-state index >= 15 is 0 Å². The van der Waals surface area contributed by atoms with Crippen molar-refractivity contribution in [3.63, 3.8) is 0 Å². The molecule has 4 atom stereocenters. The van der Waals surface area contributed by atoms with Crippen LogP contribution in [0.25, 0.3) is 0 Å². The van der Waals surface area contributed by atoms with Crippen molar-refractivity contribution in [1.82, 2.24) is 9.97 Å². The number of ether oxygens (including phenoxy) is 1. The van der Waals surface area contributed by atoms with Gasteiger partial charge in [-0.25, -0.2) is 0 Å². The van der Waals surface area contributed by atoms with Gasteiger partial charge in [-0.15, -0.1) is 0 Å². The Balaban J connectivity index is 1.72. The van der Waals surface area contributed by atoms with Gasteiger partial charge in [-0.2, -0.15) is 14.4 Å². The first kappa shape index (κ1) is 17.6. The Morgan fingerprint density at radius 3 is 2.71 bits per heavy atom. The van der Waals surface area contributed by atoms with E-state index in [0.29, 0.717) is 12.8 Å². The minimum absolute atomic E-state index is 0.0317. The largest absolute Gasteiger partial charge is 0.472 e. The molecule has 2 aliphatic rings. The summed E-state index contributed by atoms with van der Waals surface area (Å²) in [6, 6.07) is 0.0376. The Morgan fingerprint density at radius 2 is 1.96 bits per heavy atom. The zero-order valence-electron chi connectivity index (χ0n) is 13.5. The average Bonchev–Trinajstić information content (AvgIpc) is 2.52. The van der Waals surface area contributed by atoms with E-state index in [4.69, 9.17) is 22.1 Å². The van der Waals surface area contributed by atoms with Crippen LogP contribution in [0.15, 0.2) is 0 Å². The molecule has 2 saturated carbocycles. The highest BCUT2D eigenvalue weighted by atomic mass is 35.5. The number of nitrogens with two attached hydrogens (primary N) is 1. The van der Waals surface area contributed by atoms with Crippen LogP contribution in [-0.2, 0) is 0 Å². The molecule has 0 aromatic carbocycles. The number of hydrogen-bond acceptors (Lipinski definition) is 6. The summed E-state index contributed by atoms with van der Waals surface area (Å²) in [7, 11) is 0. The van der Waals surface area contributed by atoms with Crippen LogP contribution in [0.2, 0.25) is 5.28 Å². The van der Waals surface area contributed by atoms with Crippen molar-refractivity contribution in [2.75, 3.05) is 5.32 Å². The third kappa shape index (κ3) is 4.46. The molecule has 134 valence electrons. The number of aliphatic hydroxyl groups is 1. The number of nitrogens with one attached hydrogen (secondary N) is 1. The van der Waals surface area contributed by atoms with E-state index in [9.17, 15) is 9.50 Å². The fourth-order valence-electron chi connectivity index (χ4n) is 3.51. The lowest BCUT2D eigenvalue weighted by atomic mass is 9.93. The summed E-state index contributed by atoms with van der Waals surface area (Å²) in [5.74, 6) is -0.740. The Kier molecular flexibility index (Phi) is 5.73. The van der Waals surface area contributed by atoms with Crippen LogP contribution in [0.1, 0.15) is 51.4 Å². The molecule has 2 aliphatic carbocycles. The molecule has 0 amide bonds. The summed E-state index contributed by atoms with van der Waals surface area (Å²) in [6.07, 6.45) is 5.99. The van der Waals surface area contributed by atoms with Gasteiger partial charge in [0.15, 0.2) is 5.82 Å². The highest BCUT2D eigenvalue weighted by Crippen LogP contribution is 2.29. The minimum atomic E-state index is -0.640. The molecule has 0 radical (unpaired) electrons. The fourth-order valence-corrected chi connectivity index (χ4v) is 3.67. The predicted molar refractivity (Wildman–Crippen MR) is 89.7 cm³/mol. The van der Waals surface area contributed by atoms with Crippen molar-refractivity contribution in [3.8, 4) is 5.88 Å². The maximum Gasteiger partial charge on any atom is 0.257 e. The SMILES string of the molecule is N[C@H]1CCCC(Oc2nc(Cl)nc(NC3CCCC(O)C3)c2F)C1. The highest BCUT2D eigenvalue weighted by Gasteiger charge is 2.26. The second-order valence-electron chi connectivity index (χ2n) is 6.79. The lowest BCUT2D eigenvalue weighted by Crippen LogP contribution is -2.34. The number of anilines is 1. The maximum atomic E-state index is 14.7. The van der Waals surface area contributed by atoms with E-state index in [1.807, 2.05) is 0 Å². The number of aliphatic hydroxyl groups excluding tert-OH is 1. The Bertz CT molecular complexity index is 532. The molecule has 4 N–H and O–H groups in total. The van der Waals surface area contributed by atoms with Gasteiger partial charge in [-0.1, -0.05) is 0 Å². The zero-order valence-corrected chi connectivity index (χ0v) is 14.3. The lowest BCUT2D eigenvalue weighted by Gasteiger charge is -2.28. The Morgan fingerprint density at radius 1 is 1.17 bits per heavy atom. The van der Waals surface area contributed by atoms with Crippen molar-refractivity contribution in [3.05, 3.63) is 11.1 Å². The van der Waals surface area contributed by atoms with Crippen molar-refractivity contribution in [1.29, 1.82) is 0 Å². The van der Waals surface area contributed by atoms with Gasteiger partial charge in [-0.05, 0) is 63.0 Å². The molecule has 8 heteroatoms. The summed E-state index contributed by atoms with van der Waals surface area (Å²) in [5.41, 5.74) is 5.94. The van der Waals surface area contributed by atoms with E-state index in [2.05, 4.69) is 15.3 Å². The predicted octanol–water partition coefficient (Wildman–Crippen LogP) is 2.63. The van der Waals surface area contributed by atoms with Crippen LogP contribution in [0.3, 0.4) is 0 Å². The molecule has 0 bridgehead atoms. The third-order valence-electron chi connectivity index (χ3n) is 4.73. The van der Waals surface area contributed by atoms with E-state index in [1.165, 1.54) is 0 Å². The summed E-state index contributed by atoms with van der Waals surface area (Å²) >= 11 is 5.93. The van der Waals surface area contributed by atoms with Gasteiger partial charge >= 0.3 is 0 Å². The number of halogens is 2. The molecule has 3 rings (SSSR count). The molecule has 0 saturated heterocycles. The van der Waals surface area contributed by atoms with Crippen LogP contribution < -0.4 is 15.8 Å². The van der Waals surface area contributed by atoms with Crippen molar-refractivity contribution in [2.24, 2.45) is 5.73 Å². The van der Waals surface area contributed by atoms with Crippen LogP contribution in [-0.4, -0.2) is 39.4 Å². The van der Waals surface area contributed by atoms with Crippen LogP contribution in [0.4, 0.5) is 10.2 Å². The normalized spacial score (nSPS) is 30.8. The van der Waals surface area contributed by atoms with Crippen LogP contribution in [0, 0.1) is 5.82 Å². The van der Waals surface area contributed by atoms with E-state index in [1.54, 1.807) is 0 Å². The molecule has 1 aromatic heterocycles. The lowest BCUT2D eigenvalue weighted by molar-refractivity contribution is 0.124.